The molecular formula is C52H32N2O. The number of rotatable bonds is 4. The number of furan rings is 1. The monoisotopic (exact) mass is 700 g/mol. The summed E-state index contributed by atoms with van der Waals surface area (Å²) >= 11 is 0. The Labute approximate surface area is 316 Å². The quantitative estimate of drug-likeness (QED) is 0.179. The average molecular weight is 701 g/mol. The summed E-state index contributed by atoms with van der Waals surface area (Å²) in [5.41, 5.74) is 13.7. The van der Waals surface area contributed by atoms with Crippen molar-refractivity contribution >= 4 is 76.3 Å². The molecule has 0 aliphatic heterocycles. The lowest BCUT2D eigenvalue weighted by atomic mass is 9.97. The summed E-state index contributed by atoms with van der Waals surface area (Å²) in [6.45, 7) is 0. The highest BCUT2D eigenvalue weighted by atomic mass is 16.3. The molecule has 0 unspecified atom stereocenters. The highest BCUT2D eigenvalue weighted by molar-refractivity contribution is 6.14. The van der Waals surface area contributed by atoms with Crippen LogP contribution in [-0.2, 0) is 0 Å². The van der Waals surface area contributed by atoms with Crippen LogP contribution in [0.3, 0.4) is 0 Å². The van der Waals surface area contributed by atoms with Crippen LogP contribution in [0.15, 0.2) is 199 Å². The first-order valence-corrected chi connectivity index (χ1v) is 18.8. The SMILES string of the molecule is c1ccc(-c2ccc(-n3c4ccccc4c4cc(-c5ccc6c(c5)c5ccccc5n6-c5ccc6c(c5)oc5ccccc56)ccc43)c3ccccc23)cc1. The largest absolute Gasteiger partial charge is 0.456 e. The van der Waals surface area contributed by atoms with Crippen LogP contribution in [0.5, 0.6) is 0 Å². The third kappa shape index (κ3) is 4.44. The molecule has 0 aliphatic rings. The van der Waals surface area contributed by atoms with Gasteiger partial charge in [-0.2, -0.15) is 0 Å². The minimum atomic E-state index is 0.897. The van der Waals surface area contributed by atoms with E-state index in [9.17, 15) is 0 Å². The van der Waals surface area contributed by atoms with E-state index < -0.39 is 0 Å². The maximum absolute atomic E-state index is 6.32. The molecule has 0 aliphatic carbocycles. The molecule has 3 nitrogen and oxygen atoms in total. The van der Waals surface area contributed by atoms with Gasteiger partial charge in [-0.05, 0) is 88.3 Å². The van der Waals surface area contributed by atoms with Gasteiger partial charge in [-0.25, -0.2) is 0 Å². The Hall–Kier alpha value is -7.36. The Balaban J connectivity index is 1.03. The van der Waals surface area contributed by atoms with Gasteiger partial charge in [0.1, 0.15) is 11.2 Å². The van der Waals surface area contributed by atoms with Crippen molar-refractivity contribution < 1.29 is 4.42 Å². The smallest absolute Gasteiger partial charge is 0.137 e. The predicted octanol–water partition coefficient (Wildman–Crippen LogP) is 14.3. The summed E-state index contributed by atoms with van der Waals surface area (Å²) in [6.07, 6.45) is 0. The molecule has 12 aromatic rings. The molecule has 9 aromatic carbocycles. The minimum Gasteiger partial charge on any atom is -0.456 e. The summed E-state index contributed by atoms with van der Waals surface area (Å²) in [6, 6.07) is 70.3. The zero-order chi connectivity index (χ0) is 36.0. The van der Waals surface area contributed by atoms with Crippen molar-refractivity contribution in [2.75, 3.05) is 0 Å². The van der Waals surface area contributed by atoms with Crippen molar-refractivity contribution in [3.05, 3.63) is 194 Å². The molecule has 0 bridgehead atoms. The second-order valence-corrected chi connectivity index (χ2v) is 14.5. The van der Waals surface area contributed by atoms with E-state index in [0.29, 0.717) is 0 Å². The van der Waals surface area contributed by atoms with Gasteiger partial charge in [0.05, 0.1) is 27.8 Å². The van der Waals surface area contributed by atoms with E-state index in [-0.39, 0.29) is 0 Å². The van der Waals surface area contributed by atoms with E-state index in [0.717, 1.165) is 27.6 Å². The first-order valence-electron chi connectivity index (χ1n) is 18.8. The Morgan fingerprint density at radius 1 is 0.291 bits per heavy atom. The van der Waals surface area contributed by atoms with E-state index in [1.165, 1.54) is 82.3 Å². The van der Waals surface area contributed by atoms with E-state index in [4.69, 9.17) is 4.42 Å². The van der Waals surface area contributed by atoms with Gasteiger partial charge in [0.2, 0.25) is 0 Å². The highest BCUT2D eigenvalue weighted by Crippen LogP contribution is 2.41. The molecule has 0 saturated carbocycles. The van der Waals surface area contributed by atoms with Crippen LogP contribution in [0.1, 0.15) is 0 Å². The first kappa shape index (κ1) is 30.1. The normalized spacial score (nSPS) is 12.0. The number of hydrogen-bond donors (Lipinski definition) is 0. The lowest BCUT2D eigenvalue weighted by Crippen LogP contribution is -1.96. The van der Waals surface area contributed by atoms with Gasteiger partial charge in [-0.15, -0.1) is 0 Å². The van der Waals surface area contributed by atoms with Crippen LogP contribution >= 0.6 is 0 Å². The molecule has 55 heavy (non-hydrogen) atoms. The van der Waals surface area contributed by atoms with E-state index in [2.05, 4.69) is 191 Å². The van der Waals surface area contributed by atoms with Gasteiger partial charge in [0.15, 0.2) is 0 Å². The van der Waals surface area contributed by atoms with Crippen molar-refractivity contribution in [3.63, 3.8) is 0 Å². The number of para-hydroxylation sites is 3. The third-order valence-corrected chi connectivity index (χ3v) is 11.5. The van der Waals surface area contributed by atoms with Crippen LogP contribution < -0.4 is 0 Å². The van der Waals surface area contributed by atoms with Gasteiger partial charge >= 0.3 is 0 Å². The summed E-state index contributed by atoms with van der Waals surface area (Å²) < 4.78 is 11.1. The zero-order valence-corrected chi connectivity index (χ0v) is 29.8. The molecule has 3 aromatic heterocycles. The summed E-state index contributed by atoms with van der Waals surface area (Å²) in [5.74, 6) is 0. The molecule has 0 spiro atoms. The molecule has 0 radical (unpaired) electrons. The lowest BCUT2D eigenvalue weighted by molar-refractivity contribution is 0.668. The number of hydrogen-bond acceptors (Lipinski definition) is 1. The third-order valence-electron chi connectivity index (χ3n) is 11.5. The van der Waals surface area contributed by atoms with Crippen molar-refractivity contribution in [3.8, 4) is 33.6 Å². The Morgan fingerprint density at radius 3 is 1.56 bits per heavy atom. The molecule has 256 valence electrons. The van der Waals surface area contributed by atoms with Crippen molar-refractivity contribution in [1.29, 1.82) is 0 Å². The van der Waals surface area contributed by atoms with E-state index in [1.54, 1.807) is 0 Å². The highest BCUT2D eigenvalue weighted by Gasteiger charge is 2.18. The van der Waals surface area contributed by atoms with E-state index >= 15 is 0 Å². The van der Waals surface area contributed by atoms with Crippen LogP contribution in [-0.4, -0.2) is 9.13 Å². The minimum absolute atomic E-state index is 0.897. The standard InChI is InChI=1S/C52H32N2O/c1-2-12-33(13-3-1)37-26-29-48(39-15-5-4-14-38(37)39)54-47-20-10-7-17-41(47)45-31-35(23-28-50(45)54)34-22-27-49-44(30-34)40-16-6-9-19-46(40)53(49)36-24-25-43-42-18-8-11-21-51(42)55-52(43)32-36/h1-32H. The van der Waals surface area contributed by atoms with E-state index in [1.807, 2.05) is 12.1 Å². The van der Waals surface area contributed by atoms with Crippen LogP contribution in [0.4, 0.5) is 0 Å². The summed E-state index contributed by atoms with van der Waals surface area (Å²) in [5, 5.41) is 9.70. The zero-order valence-electron chi connectivity index (χ0n) is 29.8. The van der Waals surface area contributed by atoms with Crippen LogP contribution in [0.25, 0.3) is 110 Å². The van der Waals surface area contributed by atoms with Crippen molar-refractivity contribution in [2.45, 2.75) is 0 Å². The number of benzene rings is 9. The fourth-order valence-electron chi connectivity index (χ4n) is 9.04. The fourth-order valence-corrected chi connectivity index (χ4v) is 9.04. The second kappa shape index (κ2) is 11.6. The van der Waals surface area contributed by atoms with Gasteiger partial charge in [-0.1, -0.05) is 127 Å². The summed E-state index contributed by atoms with van der Waals surface area (Å²) in [4.78, 5) is 0. The molecule has 3 heteroatoms. The molecule has 0 amide bonds. The molecule has 0 atom stereocenters. The Bertz CT molecular complexity index is 3490. The molecule has 12 rings (SSSR count). The Morgan fingerprint density at radius 2 is 0.836 bits per heavy atom. The molecule has 0 fully saturated rings. The number of aromatic nitrogens is 2. The topological polar surface area (TPSA) is 23.0 Å². The fraction of sp³-hybridized carbons (Fsp3) is 0. The van der Waals surface area contributed by atoms with Crippen molar-refractivity contribution in [1.82, 2.24) is 9.13 Å². The van der Waals surface area contributed by atoms with Gasteiger partial charge in [-0.3, -0.25) is 0 Å². The molecular weight excluding hydrogens is 669 g/mol. The molecule has 0 N–H and O–H groups in total. The Kier molecular flexibility index (Phi) is 6.34. The maximum Gasteiger partial charge on any atom is 0.137 e. The molecule has 0 saturated heterocycles. The summed E-state index contributed by atoms with van der Waals surface area (Å²) in [7, 11) is 0. The number of fused-ring (bicyclic) bond motifs is 10. The molecule has 3 heterocycles. The van der Waals surface area contributed by atoms with Gasteiger partial charge in [0.25, 0.3) is 0 Å². The first-order chi connectivity index (χ1) is 27.3. The maximum atomic E-state index is 6.32. The number of nitrogens with zero attached hydrogens (tertiary/aromatic N) is 2. The van der Waals surface area contributed by atoms with Crippen LogP contribution in [0.2, 0.25) is 0 Å². The average Bonchev–Trinajstić information content (AvgIpc) is 3.90. The van der Waals surface area contributed by atoms with Crippen LogP contribution in [0, 0.1) is 0 Å². The van der Waals surface area contributed by atoms with Gasteiger partial charge in [0, 0.05) is 49.5 Å². The predicted molar refractivity (Wildman–Crippen MR) is 231 cm³/mol. The second-order valence-electron chi connectivity index (χ2n) is 14.5. The van der Waals surface area contributed by atoms with Crippen molar-refractivity contribution in [2.24, 2.45) is 0 Å². The lowest BCUT2D eigenvalue weighted by Gasteiger charge is -2.15. The van der Waals surface area contributed by atoms with Gasteiger partial charge < -0.3 is 13.6 Å².